The summed E-state index contributed by atoms with van der Waals surface area (Å²) < 4.78 is 18.4. The van der Waals surface area contributed by atoms with Crippen LogP contribution < -0.4 is 0 Å². The van der Waals surface area contributed by atoms with Crippen LogP contribution in [0.4, 0.5) is 0 Å². The van der Waals surface area contributed by atoms with Crippen molar-refractivity contribution in [3.05, 3.63) is 0 Å². The summed E-state index contributed by atoms with van der Waals surface area (Å²) in [4.78, 5) is 53.9. The maximum absolute atomic E-state index is 11.1. The minimum atomic E-state index is -1.05. The molecule has 0 N–H and O–H groups in total. The molecule has 0 aliphatic heterocycles. The number of carbonyl (C=O) groups is 5. The van der Waals surface area contributed by atoms with Crippen LogP contribution in [0.25, 0.3) is 0 Å². The molecule has 0 amide bonds. The Kier molecular flexibility index (Phi) is 17.2. The lowest BCUT2D eigenvalue weighted by molar-refractivity contribution is -0.155. The second-order valence-electron chi connectivity index (χ2n) is 4.61. The second kappa shape index (κ2) is 17.4. The molecule has 0 aromatic rings. The number of aldehydes is 1. The van der Waals surface area contributed by atoms with E-state index in [1.165, 1.54) is 0 Å². The van der Waals surface area contributed by atoms with Gasteiger partial charge in [0.2, 0.25) is 0 Å². The van der Waals surface area contributed by atoms with E-state index in [2.05, 4.69) is 18.9 Å². The van der Waals surface area contributed by atoms with Crippen LogP contribution in [0.3, 0.4) is 0 Å². The van der Waals surface area contributed by atoms with Gasteiger partial charge in [-0.2, -0.15) is 0 Å². The molecule has 1 unspecified atom stereocenters. The van der Waals surface area contributed by atoms with Gasteiger partial charge in [-0.05, 0) is 27.7 Å². The second-order valence-corrected chi connectivity index (χ2v) is 4.61. The third-order valence-electron chi connectivity index (χ3n) is 2.59. The molecule has 0 aliphatic carbocycles. The van der Waals surface area contributed by atoms with Gasteiger partial charge in [-0.25, -0.2) is 0 Å². The van der Waals surface area contributed by atoms with E-state index in [1.54, 1.807) is 27.7 Å². The van der Waals surface area contributed by atoms with Crippen molar-refractivity contribution in [2.45, 2.75) is 47.0 Å². The Balaban J connectivity index is 0. The van der Waals surface area contributed by atoms with Gasteiger partial charge in [0.1, 0.15) is 12.2 Å². The maximum Gasteiger partial charge on any atom is 0.316 e. The summed E-state index contributed by atoms with van der Waals surface area (Å²) in [5, 5.41) is 0. The highest BCUT2D eigenvalue weighted by molar-refractivity contribution is 5.92. The summed E-state index contributed by atoms with van der Waals surface area (Å²) in [5.41, 5.74) is 0. The van der Waals surface area contributed by atoms with E-state index in [9.17, 15) is 24.0 Å². The molecule has 1 atom stereocenters. The van der Waals surface area contributed by atoms with Gasteiger partial charge in [0.05, 0.1) is 45.7 Å². The monoisotopic (exact) mass is 376 g/mol. The molecule has 0 saturated heterocycles. The van der Waals surface area contributed by atoms with E-state index in [0.717, 1.165) is 0 Å². The predicted molar refractivity (Wildman–Crippen MR) is 89.9 cm³/mol. The van der Waals surface area contributed by atoms with Crippen molar-refractivity contribution in [3.63, 3.8) is 0 Å². The number of ether oxygens (including phenoxy) is 4. The standard InChI is InChI=1S/C9H14O5.C8H14O4/c1-3-13-8(11)5-7(6-10)9(12)14-4-2;1-3-11-7(9)5-6-8(10)12-4-2/h6-7H,3-5H2,1-2H3;3-6H2,1-2H3. The molecule has 0 radical (unpaired) electrons. The van der Waals surface area contributed by atoms with Crippen molar-refractivity contribution in [1.82, 2.24) is 0 Å². The van der Waals surface area contributed by atoms with Crippen molar-refractivity contribution < 1.29 is 42.9 Å². The Morgan fingerprint density at radius 3 is 1.42 bits per heavy atom. The molecule has 9 heteroatoms. The van der Waals surface area contributed by atoms with E-state index in [0.29, 0.717) is 19.5 Å². The first kappa shape index (κ1) is 25.8. The van der Waals surface area contributed by atoms with Gasteiger partial charge in [0.15, 0.2) is 0 Å². The van der Waals surface area contributed by atoms with Crippen molar-refractivity contribution in [1.29, 1.82) is 0 Å². The Morgan fingerprint density at radius 2 is 1.08 bits per heavy atom. The van der Waals surface area contributed by atoms with Crippen molar-refractivity contribution in [2.75, 3.05) is 26.4 Å². The topological polar surface area (TPSA) is 122 Å². The van der Waals surface area contributed by atoms with Gasteiger partial charge in [-0.15, -0.1) is 0 Å². The minimum absolute atomic E-state index is 0.104. The summed E-state index contributed by atoms with van der Waals surface area (Å²) in [6, 6.07) is 0. The minimum Gasteiger partial charge on any atom is -0.466 e. The van der Waals surface area contributed by atoms with Gasteiger partial charge >= 0.3 is 23.9 Å². The fourth-order valence-electron chi connectivity index (χ4n) is 1.51. The highest BCUT2D eigenvalue weighted by atomic mass is 16.5. The number of hydrogen-bond acceptors (Lipinski definition) is 9. The molecule has 0 rings (SSSR count). The molecular formula is C17H28O9. The summed E-state index contributed by atoms with van der Waals surface area (Å²) in [6.45, 7) is 7.84. The first-order valence-corrected chi connectivity index (χ1v) is 8.44. The third-order valence-corrected chi connectivity index (χ3v) is 2.59. The molecule has 0 aliphatic rings. The maximum atomic E-state index is 11.1. The molecule has 9 nitrogen and oxygen atoms in total. The van der Waals surface area contributed by atoms with Crippen LogP contribution in [-0.2, 0) is 42.9 Å². The van der Waals surface area contributed by atoms with E-state index in [-0.39, 0.29) is 44.4 Å². The van der Waals surface area contributed by atoms with Gasteiger partial charge in [0.25, 0.3) is 0 Å². The van der Waals surface area contributed by atoms with Crippen LogP contribution in [0.5, 0.6) is 0 Å². The van der Waals surface area contributed by atoms with Gasteiger partial charge in [-0.3, -0.25) is 19.2 Å². The zero-order valence-electron chi connectivity index (χ0n) is 15.8. The Morgan fingerprint density at radius 1 is 0.692 bits per heavy atom. The van der Waals surface area contributed by atoms with E-state index >= 15 is 0 Å². The van der Waals surface area contributed by atoms with Crippen LogP contribution in [-0.4, -0.2) is 56.6 Å². The van der Waals surface area contributed by atoms with Gasteiger partial charge in [0, 0.05) is 0 Å². The van der Waals surface area contributed by atoms with Crippen LogP contribution in [0.1, 0.15) is 47.0 Å². The average Bonchev–Trinajstić information content (AvgIpc) is 2.59. The van der Waals surface area contributed by atoms with Crippen LogP contribution in [0, 0.1) is 5.92 Å². The molecule has 0 spiro atoms. The summed E-state index contributed by atoms with van der Waals surface area (Å²) in [7, 11) is 0. The molecule has 0 saturated carbocycles. The molecule has 26 heavy (non-hydrogen) atoms. The molecule has 0 aromatic carbocycles. The number of rotatable bonds is 11. The van der Waals surface area contributed by atoms with E-state index in [4.69, 9.17) is 0 Å². The molecular weight excluding hydrogens is 348 g/mol. The van der Waals surface area contributed by atoms with Crippen LogP contribution >= 0.6 is 0 Å². The normalized spacial score (nSPS) is 10.5. The molecule has 0 aromatic heterocycles. The number of carbonyl (C=O) groups excluding carboxylic acids is 5. The Labute approximate surface area is 153 Å². The van der Waals surface area contributed by atoms with Crippen LogP contribution in [0.2, 0.25) is 0 Å². The Bertz CT molecular complexity index is 428. The van der Waals surface area contributed by atoms with Crippen LogP contribution in [0.15, 0.2) is 0 Å². The fourth-order valence-corrected chi connectivity index (χ4v) is 1.51. The first-order chi connectivity index (χ1) is 12.4. The fraction of sp³-hybridized carbons (Fsp3) is 0.706. The zero-order chi connectivity index (χ0) is 20.4. The largest absolute Gasteiger partial charge is 0.466 e. The first-order valence-electron chi connectivity index (χ1n) is 8.44. The van der Waals surface area contributed by atoms with E-state index in [1.807, 2.05) is 0 Å². The summed E-state index contributed by atoms with van der Waals surface area (Å²) in [5.74, 6) is -3.02. The number of hydrogen-bond donors (Lipinski definition) is 0. The van der Waals surface area contributed by atoms with Crippen molar-refractivity contribution in [2.24, 2.45) is 5.92 Å². The van der Waals surface area contributed by atoms with Gasteiger partial charge in [-0.1, -0.05) is 0 Å². The lowest BCUT2D eigenvalue weighted by Crippen LogP contribution is -2.23. The third kappa shape index (κ3) is 15.1. The summed E-state index contributed by atoms with van der Waals surface area (Å²) in [6.07, 6.45) is 0.352. The molecule has 0 bridgehead atoms. The molecule has 0 heterocycles. The highest BCUT2D eigenvalue weighted by Gasteiger charge is 2.22. The quantitative estimate of drug-likeness (QED) is 0.226. The molecule has 150 valence electrons. The van der Waals surface area contributed by atoms with Crippen molar-refractivity contribution >= 4 is 30.2 Å². The lowest BCUT2D eigenvalue weighted by Gasteiger charge is -2.08. The van der Waals surface area contributed by atoms with Crippen molar-refractivity contribution in [3.8, 4) is 0 Å². The average molecular weight is 376 g/mol. The summed E-state index contributed by atoms with van der Waals surface area (Å²) >= 11 is 0. The smallest absolute Gasteiger partial charge is 0.316 e. The van der Waals surface area contributed by atoms with E-state index < -0.39 is 17.9 Å². The predicted octanol–water partition coefficient (Wildman–Crippen LogP) is 1.21. The van der Waals surface area contributed by atoms with Gasteiger partial charge < -0.3 is 23.7 Å². The lowest BCUT2D eigenvalue weighted by atomic mass is 10.1. The Hall–Kier alpha value is -2.45. The highest BCUT2D eigenvalue weighted by Crippen LogP contribution is 2.04. The molecule has 0 fully saturated rings. The number of esters is 4. The zero-order valence-corrected chi connectivity index (χ0v) is 15.8. The SMILES string of the molecule is CCOC(=O)CC(C=O)C(=O)OCC.CCOC(=O)CCC(=O)OCC.